The first-order valence-electron chi connectivity index (χ1n) is 7.39. The van der Waals surface area contributed by atoms with Gasteiger partial charge in [-0.1, -0.05) is 32.3 Å². The van der Waals surface area contributed by atoms with Crippen molar-refractivity contribution in [1.29, 1.82) is 0 Å². The minimum absolute atomic E-state index is 0.318. The number of nitrogens with one attached hydrogen (secondary N) is 2. The summed E-state index contributed by atoms with van der Waals surface area (Å²) in [6.45, 7) is 6.54. The molecule has 0 spiro atoms. The monoisotopic (exact) mass is 309 g/mol. The number of hydrogen-bond acceptors (Lipinski definition) is 3. The maximum atomic E-state index is 12.3. The van der Waals surface area contributed by atoms with Gasteiger partial charge in [0.1, 0.15) is 4.90 Å². The third kappa shape index (κ3) is 3.75. The highest BCUT2D eigenvalue weighted by Gasteiger charge is 2.28. The third-order valence-corrected chi connectivity index (χ3v) is 4.99. The van der Waals surface area contributed by atoms with E-state index >= 15 is 0 Å². The first-order valence-corrected chi connectivity index (χ1v) is 8.88. The number of guanidine groups is 1. The standard InChI is InChI=1S/C15H23N3O2S/c1-4-5-6-7-8-16-15-17-13-10-11(2)9-12(3)14(13)21(19,20)18-15/h9-10H,4-8H2,1-3H3,(H2,16,17,18). The molecule has 1 aromatic carbocycles. The number of anilines is 1. The largest absolute Gasteiger partial charge is 0.324 e. The normalized spacial score (nSPS) is 18.0. The zero-order valence-electron chi connectivity index (χ0n) is 12.9. The van der Waals surface area contributed by atoms with Crippen LogP contribution >= 0.6 is 0 Å². The number of aryl methyl sites for hydroxylation is 2. The van der Waals surface area contributed by atoms with Crippen LogP contribution in [0.25, 0.3) is 0 Å². The van der Waals surface area contributed by atoms with E-state index in [9.17, 15) is 8.42 Å². The predicted molar refractivity (Wildman–Crippen MR) is 86.3 cm³/mol. The molecule has 21 heavy (non-hydrogen) atoms. The molecule has 0 radical (unpaired) electrons. The highest BCUT2D eigenvalue weighted by molar-refractivity contribution is 7.90. The summed E-state index contributed by atoms with van der Waals surface area (Å²) in [4.78, 5) is 4.64. The Morgan fingerprint density at radius 3 is 2.62 bits per heavy atom. The van der Waals surface area contributed by atoms with Crippen molar-refractivity contribution in [3.05, 3.63) is 23.3 Å². The lowest BCUT2D eigenvalue weighted by Crippen LogP contribution is -2.41. The lowest BCUT2D eigenvalue weighted by Gasteiger charge is -2.23. The van der Waals surface area contributed by atoms with Crippen LogP contribution in [-0.2, 0) is 10.0 Å². The van der Waals surface area contributed by atoms with Crippen LogP contribution in [0.1, 0.15) is 43.7 Å². The summed E-state index contributed by atoms with van der Waals surface area (Å²) in [5.41, 5.74) is 2.38. The Hall–Kier alpha value is -1.56. The van der Waals surface area contributed by atoms with E-state index in [0.29, 0.717) is 23.1 Å². The number of rotatable bonds is 5. The van der Waals surface area contributed by atoms with Crippen LogP contribution in [0, 0.1) is 13.8 Å². The van der Waals surface area contributed by atoms with Crippen LogP contribution in [0.5, 0.6) is 0 Å². The van der Waals surface area contributed by atoms with Gasteiger partial charge in [0.25, 0.3) is 10.0 Å². The van der Waals surface area contributed by atoms with Crippen LogP contribution in [0.4, 0.5) is 5.69 Å². The lowest BCUT2D eigenvalue weighted by atomic mass is 10.1. The van der Waals surface area contributed by atoms with E-state index in [0.717, 1.165) is 24.0 Å². The molecule has 2 rings (SSSR count). The Bertz CT molecular complexity index is 651. The Morgan fingerprint density at radius 2 is 1.90 bits per heavy atom. The molecular formula is C15H23N3O2S. The number of fused-ring (bicyclic) bond motifs is 1. The number of nitrogens with zero attached hydrogens (tertiary/aromatic N) is 1. The molecule has 0 saturated heterocycles. The topological polar surface area (TPSA) is 70.6 Å². The van der Waals surface area contributed by atoms with Crippen LogP contribution < -0.4 is 10.0 Å². The van der Waals surface area contributed by atoms with E-state index in [-0.39, 0.29) is 0 Å². The van der Waals surface area contributed by atoms with Gasteiger partial charge in [-0.05, 0) is 37.5 Å². The molecule has 5 nitrogen and oxygen atoms in total. The minimum atomic E-state index is -3.53. The fourth-order valence-electron chi connectivity index (χ4n) is 2.54. The van der Waals surface area contributed by atoms with Crippen LogP contribution in [0.15, 0.2) is 22.0 Å². The van der Waals surface area contributed by atoms with Crippen molar-refractivity contribution >= 4 is 21.7 Å². The summed E-state index contributed by atoms with van der Waals surface area (Å²) in [6, 6.07) is 3.71. The summed E-state index contributed by atoms with van der Waals surface area (Å²) in [6.07, 6.45) is 4.45. The van der Waals surface area contributed by atoms with E-state index in [1.165, 1.54) is 12.8 Å². The van der Waals surface area contributed by atoms with Gasteiger partial charge in [-0.2, -0.15) is 0 Å². The first-order chi connectivity index (χ1) is 9.94. The van der Waals surface area contributed by atoms with E-state index in [1.54, 1.807) is 6.92 Å². The number of hydrogen-bond donors (Lipinski definition) is 2. The van der Waals surface area contributed by atoms with E-state index in [2.05, 4.69) is 22.0 Å². The smallest absolute Gasteiger partial charge is 0.266 e. The van der Waals surface area contributed by atoms with Crippen LogP contribution in [0.3, 0.4) is 0 Å². The average Bonchev–Trinajstić information content (AvgIpc) is 2.35. The van der Waals surface area contributed by atoms with E-state index in [1.807, 2.05) is 19.1 Å². The SMILES string of the molecule is CCCCCCN=C1Nc2cc(C)cc(C)c2S(=O)(=O)N1. The van der Waals surface area contributed by atoms with Gasteiger partial charge in [0.15, 0.2) is 0 Å². The maximum Gasteiger partial charge on any atom is 0.266 e. The summed E-state index contributed by atoms with van der Waals surface area (Å²) < 4.78 is 27.1. The van der Waals surface area contributed by atoms with Gasteiger partial charge in [0.2, 0.25) is 5.96 Å². The molecular weight excluding hydrogens is 286 g/mol. The molecule has 1 aliphatic heterocycles. The minimum Gasteiger partial charge on any atom is -0.324 e. The fraction of sp³-hybridized carbons (Fsp3) is 0.533. The molecule has 2 N–H and O–H groups in total. The molecule has 0 unspecified atom stereocenters. The van der Waals surface area contributed by atoms with Gasteiger partial charge in [-0.15, -0.1) is 0 Å². The van der Waals surface area contributed by atoms with Crippen molar-refractivity contribution in [2.75, 3.05) is 11.9 Å². The summed E-state index contributed by atoms with van der Waals surface area (Å²) in [7, 11) is -3.53. The maximum absolute atomic E-state index is 12.3. The van der Waals surface area contributed by atoms with Gasteiger partial charge in [0.05, 0.1) is 5.69 Å². The highest BCUT2D eigenvalue weighted by Crippen LogP contribution is 2.29. The Kier molecular flexibility index (Phi) is 4.88. The number of benzene rings is 1. The number of aliphatic imine (C=N–C) groups is 1. The molecule has 0 aliphatic carbocycles. The second-order valence-corrected chi connectivity index (χ2v) is 7.10. The van der Waals surface area contributed by atoms with Crippen LogP contribution in [0.2, 0.25) is 0 Å². The second kappa shape index (κ2) is 6.47. The molecule has 0 fully saturated rings. The Labute approximate surface area is 126 Å². The molecule has 0 aromatic heterocycles. The third-order valence-electron chi connectivity index (χ3n) is 3.45. The molecule has 1 aliphatic rings. The molecule has 1 heterocycles. The second-order valence-electron chi connectivity index (χ2n) is 5.48. The summed E-state index contributed by atoms with van der Waals surface area (Å²) in [5.74, 6) is 0.323. The van der Waals surface area contributed by atoms with Gasteiger partial charge < -0.3 is 5.32 Å². The number of sulfonamides is 1. The fourth-order valence-corrected chi connectivity index (χ4v) is 3.89. The molecule has 6 heteroatoms. The summed E-state index contributed by atoms with van der Waals surface area (Å²) in [5, 5.41) is 3.08. The zero-order chi connectivity index (χ0) is 15.5. The molecule has 0 saturated carbocycles. The molecule has 0 amide bonds. The first kappa shape index (κ1) is 15.8. The van der Waals surface area contributed by atoms with Crippen molar-refractivity contribution < 1.29 is 8.42 Å². The lowest BCUT2D eigenvalue weighted by molar-refractivity contribution is 0.591. The van der Waals surface area contributed by atoms with Crippen molar-refractivity contribution in [2.24, 2.45) is 4.99 Å². The number of unbranched alkanes of at least 4 members (excludes halogenated alkanes) is 3. The van der Waals surface area contributed by atoms with Crippen molar-refractivity contribution in [3.8, 4) is 0 Å². The highest BCUT2D eigenvalue weighted by atomic mass is 32.2. The van der Waals surface area contributed by atoms with E-state index < -0.39 is 10.0 Å². The Balaban J connectivity index is 2.19. The molecule has 0 bridgehead atoms. The quantitative estimate of drug-likeness (QED) is 0.822. The van der Waals surface area contributed by atoms with Gasteiger partial charge in [-0.3, -0.25) is 4.99 Å². The predicted octanol–water partition coefficient (Wildman–Crippen LogP) is 2.94. The van der Waals surface area contributed by atoms with Crippen LogP contribution in [-0.4, -0.2) is 20.9 Å². The zero-order valence-corrected chi connectivity index (χ0v) is 13.7. The van der Waals surface area contributed by atoms with Gasteiger partial charge >= 0.3 is 0 Å². The van der Waals surface area contributed by atoms with E-state index in [4.69, 9.17) is 0 Å². The van der Waals surface area contributed by atoms with Gasteiger partial charge in [-0.25, -0.2) is 13.1 Å². The van der Waals surface area contributed by atoms with Crippen molar-refractivity contribution in [3.63, 3.8) is 0 Å². The van der Waals surface area contributed by atoms with Crippen molar-refractivity contribution in [2.45, 2.75) is 51.3 Å². The van der Waals surface area contributed by atoms with Gasteiger partial charge in [0, 0.05) is 6.54 Å². The van der Waals surface area contributed by atoms with Crippen molar-refractivity contribution in [1.82, 2.24) is 4.72 Å². The average molecular weight is 309 g/mol. The molecule has 0 atom stereocenters. The summed E-state index contributed by atoms with van der Waals surface area (Å²) >= 11 is 0. The molecule has 116 valence electrons. The Morgan fingerprint density at radius 1 is 1.14 bits per heavy atom. The molecule has 1 aromatic rings.